The van der Waals surface area contributed by atoms with Crippen molar-refractivity contribution in [3.05, 3.63) is 77.9 Å². The molecule has 0 bridgehead atoms. The number of rotatable bonds is 3. The van der Waals surface area contributed by atoms with Gasteiger partial charge in [-0.05, 0) is 61.0 Å². The Bertz CT molecular complexity index is 1100. The van der Waals surface area contributed by atoms with Crippen molar-refractivity contribution in [2.24, 2.45) is 0 Å². The molecule has 128 valence electrons. The Morgan fingerprint density at radius 2 is 1.81 bits per heavy atom. The highest BCUT2D eigenvalue weighted by Gasteiger charge is 2.10. The minimum atomic E-state index is -0.119. The van der Waals surface area contributed by atoms with E-state index in [1.165, 1.54) is 11.3 Å². The lowest BCUT2D eigenvalue weighted by Crippen LogP contribution is -2.13. The van der Waals surface area contributed by atoms with Crippen molar-refractivity contribution in [3.8, 4) is 16.3 Å². The fourth-order valence-corrected chi connectivity index (χ4v) is 3.76. The van der Waals surface area contributed by atoms with E-state index in [2.05, 4.69) is 10.3 Å². The Hall–Kier alpha value is -3.18. The molecule has 0 unspecified atom stereocenters. The predicted octanol–water partition coefficient (Wildman–Crippen LogP) is 5.23. The molecular weight excluding hydrogens is 344 g/mol. The number of amides is 1. The van der Waals surface area contributed by atoms with Gasteiger partial charge in [0.1, 0.15) is 10.8 Å². The Balaban J connectivity index is 1.56. The Labute approximate surface area is 154 Å². The SMILES string of the molecule is Cc1ccccc1C(=O)Nc1ccc(-c2nc3ccc(O)cc3s2)cc1. The Kier molecular flexibility index (Phi) is 4.14. The number of aryl methyl sites for hydroxylation is 1. The van der Waals surface area contributed by atoms with E-state index < -0.39 is 0 Å². The van der Waals surface area contributed by atoms with E-state index in [-0.39, 0.29) is 11.7 Å². The highest BCUT2D eigenvalue weighted by Crippen LogP contribution is 2.32. The van der Waals surface area contributed by atoms with Gasteiger partial charge in [0, 0.05) is 16.8 Å². The highest BCUT2D eigenvalue weighted by molar-refractivity contribution is 7.21. The van der Waals surface area contributed by atoms with Crippen LogP contribution in [0.1, 0.15) is 15.9 Å². The lowest BCUT2D eigenvalue weighted by atomic mass is 10.1. The van der Waals surface area contributed by atoms with E-state index in [9.17, 15) is 9.90 Å². The number of hydrogen-bond acceptors (Lipinski definition) is 4. The summed E-state index contributed by atoms with van der Waals surface area (Å²) in [7, 11) is 0. The first-order valence-corrected chi connectivity index (χ1v) is 8.99. The van der Waals surface area contributed by atoms with Gasteiger partial charge in [0.05, 0.1) is 10.2 Å². The molecule has 3 aromatic carbocycles. The molecule has 1 amide bonds. The lowest BCUT2D eigenvalue weighted by molar-refractivity contribution is 0.102. The maximum absolute atomic E-state index is 12.4. The third-order valence-electron chi connectivity index (χ3n) is 4.15. The van der Waals surface area contributed by atoms with Crippen molar-refractivity contribution < 1.29 is 9.90 Å². The van der Waals surface area contributed by atoms with Crippen LogP contribution >= 0.6 is 11.3 Å². The van der Waals surface area contributed by atoms with Crippen LogP contribution in [0, 0.1) is 6.92 Å². The van der Waals surface area contributed by atoms with Crippen molar-refractivity contribution >= 4 is 33.1 Å². The van der Waals surface area contributed by atoms with Gasteiger partial charge in [0.15, 0.2) is 0 Å². The van der Waals surface area contributed by atoms with Gasteiger partial charge in [-0.3, -0.25) is 4.79 Å². The molecule has 0 fully saturated rings. The molecule has 5 heteroatoms. The molecule has 26 heavy (non-hydrogen) atoms. The predicted molar refractivity (Wildman–Crippen MR) is 106 cm³/mol. The van der Waals surface area contributed by atoms with Crippen LogP contribution in [0.25, 0.3) is 20.8 Å². The van der Waals surface area contributed by atoms with Crippen molar-refractivity contribution in [1.29, 1.82) is 0 Å². The summed E-state index contributed by atoms with van der Waals surface area (Å²) in [6.45, 7) is 1.92. The topological polar surface area (TPSA) is 62.2 Å². The number of nitrogens with one attached hydrogen (secondary N) is 1. The van der Waals surface area contributed by atoms with Crippen LogP contribution in [0.4, 0.5) is 5.69 Å². The van der Waals surface area contributed by atoms with Gasteiger partial charge in [-0.2, -0.15) is 0 Å². The van der Waals surface area contributed by atoms with E-state index in [4.69, 9.17) is 0 Å². The number of benzene rings is 3. The molecule has 4 nitrogen and oxygen atoms in total. The zero-order chi connectivity index (χ0) is 18.1. The van der Waals surface area contributed by atoms with E-state index in [1.807, 2.05) is 55.5 Å². The number of fused-ring (bicyclic) bond motifs is 1. The van der Waals surface area contributed by atoms with Crippen LogP contribution in [0.15, 0.2) is 66.7 Å². The number of aromatic hydroxyl groups is 1. The Morgan fingerprint density at radius 1 is 1.04 bits per heavy atom. The quantitative estimate of drug-likeness (QED) is 0.526. The molecule has 0 aliphatic heterocycles. The molecule has 0 spiro atoms. The normalized spacial score (nSPS) is 10.8. The Morgan fingerprint density at radius 3 is 2.58 bits per heavy atom. The number of carbonyl (C=O) groups is 1. The molecule has 4 rings (SSSR count). The summed E-state index contributed by atoms with van der Waals surface area (Å²) in [5, 5.41) is 13.4. The molecule has 1 heterocycles. The molecule has 0 atom stereocenters. The summed E-state index contributed by atoms with van der Waals surface area (Å²) >= 11 is 1.52. The number of nitrogens with zero attached hydrogens (tertiary/aromatic N) is 1. The van der Waals surface area contributed by atoms with Crippen LogP contribution in [0.5, 0.6) is 5.75 Å². The summed E-state index contributed by atoms with van der Waals surface area (Å²) < 4.78 is 0.942. The van der Waals surface area contributed by atoms with E-state index >= 15 is 0 Å². The summed E-state index contributed by atoms with van der Waals surface area (Å²) in [4.78, 5) is 17.0. The highest BCUT2D eigenvalue weighted by atomic mass is 32.1. The number of phenols is 1. The summed E-state index contributed by atoms with van der Waals surface area (Å²) in [6.07, 6.45) is 0. The van der Waals surface area contributed by atoms with Crippen LogP contribution in [-0.4, -0.2) is 16.0 Å². The average molecular weight is 360 g/mol. The third-order valence-corrected chi connectivity index (χ3v) is 5.22. The monoisotopic (exact) mass is 360 g/mol. The van der Waals surface area contributed by atoms with Crippen LogP contribution in [0.2, 0.25) is 0 Å². The molecule has 0 saturated carbocycles. The minimum absolute atomic E-state index is 0.119. The maximum atomic E-state index is 12.4. The number of hydrogen-bond donors (Lipinski definition) is 2. The van der Waals surface area contributed by atoms with Gasteiger partial charge in [-0.1, -0.05) is 18.2 Å². The smallest absolute Gasteiger partial charge is 0.255 e. The summed E-state index contributed by atoms with van der Waals surface area (Å²) in [5.74, 6) is 0.119. The maximum Gasteiger partial charge on any atom is 0.255 e. The van der Waals surface area contributed by atoms with Gasteiger partial charge in [0.25, 0.3) is 5.91 Å². The number of thiazole rings is 1. The number of carbonyl (C=O) groups excluding carboxylic acids is 1. The third kappa shape index (κ3) is 3.17. The molecular formula is C21H16N2O2S. The van der Waals surface area contributed by atoms with E-state index in [0.717, 1.165) is 32.0 Å². The summed E-state index contributed by atoms with van der Waals surface area (Å²) in [5.41, 5.74) is 4.18. The summed E-state index contributed by atoms with van der Waals surface area (Å²) in [6, 6.07) is 20.3. The second kappa shape index (κ2) is 6.61. The average Bonchev–Trinajstić information content (AvgIpc) is 3.05. The number of phenolic OH excluding ortho intramolecular Hbond substituents is 1. The van der Waals surface area contributed by atoms with Gasteiger partial charge in [0.2, 0.25) is 0 Å². The van der Waals surface area contributed by atoms with Gasteiger partial charge >= 0.3 is 0 Å². The second-order valence-electron chi connectivity index (χ2n) is 6.02. The molecule has 1 aromatic heterocycles. The second-order valence-corrected chi connectivity index (χ2v) is 7.05. The van der Waals surface area contributed by atoms with Gasteiger partial charge in [-0.15, -0.1) is 11.3 Å². The molecule has 0 radical (unpaired) electrons. The standard InChI is InChI=1S/C21H16N2O2S/c1-13-4-2-3-5-17(13)20(25)22-15-8-6-14(7-9-15)21-23-18-11-10-16(24)12-19(18)26-21/h2-12,24H,1H3,(H,22,25). The van der Waals surface area contributed by atoms with Crippen molar-refractivity contribution in [2.75, 3.05) is 5.32 Å². The minimum Gasteiger partial charge on any atom is -0.508 e. The van der Waals surface area contributed by atoms with Crippen molar-refractivity contribution in [3.63, 3.8) is 0 Å². The van der Waals surface area contributed by atoms with Gasteiger partial charge in [-0.25, -0.2) is 4.98 Å². The first kappa shape index (κ1) is 16.3. The molecule has 2 N–H and O–H groups in total. The fraction of sp³-hybridized carbons (Fsp3) is 0.0476. The van der Waals surface area contributed by atoms with Gasteiger partial charge < -0.3 is 10.4 Å². The zero-order valence-corrected chi connectivity index (χ0v) is 14.9. The van der Waals surface area contributed by atoms with E-state index in [1.54, 1.807) is 18.2 Å². The van der Waals surface area contributed by atoms with E-state index in [0.29, 0.717) is 5.56 Å². The molecule has 0 aliphatic carbocycles. The molecule has 0 aliphatic rings. The van der Waals surface area contributed by atoms with Crippen LogP contribution in [-0.2, 0) is 0 Å². The number of anilines is 1. The first-order valence-electron chi connectivity index (χ1n) is 8.17. The zero-order valence-electron chi connectivity index (χ0n) is 14.1. The van der Waals surface area contributed by atoms with Crippen LogP contribution in [0.3, 0.4) is 0 Å². The fourth-order valence-electron chi connectivity index (χ4n) is 2.76. The molecule has 4 aromatic rings. The van der Waals surface area contributed by atoms with Crippen molar-refractivity contribution in [1.82, 2.24) is 4.98 Å². The van der Waals surface area contributed by atoms with Crippen LogP contribution < -0.4 is 5.32 Å². The number of aromatic nitrogens is 1. The first-order chi connectivity index (χ1) is 12.6. The lowest BCUT2D eigenvalue weighted by Gasteiger charge is -2.08. The molecule has 0 saturated heterocycles. The largest absolute Gasteiger partial charge is 0.508 e. The van der Waals surface area contributed by atoms with Crippen molar-refractivity contribution in [2.45, 2.75) is 6.92 Å².